The number of ketones is 1. The molecule has 4 atom stereocenters. The van der Waals surface area contributed by atoms with Gasteiger partial charge in [0, 0.05) is 12.2 Å². The van der Waals surface area contributed by atoms with E-state index in [9.17, 15) is 24.3 Å². The average molecular weight is 436 g/mol. The number of rotatable bonds is 10. The first-order valence-corrected chi connectivity index (χ1v) is 10.0. The number of hydrogen-bond acceptors (Lipinski definition) is 7. The summed E-state index contributed by atoms with van der Waals surface area (Å²) in [4.78, 5) is 47.6. The molecule has 0 saturated carbocycles. The highest BCUT2D eigenvalue weighted by molar-refractivity contribution is 7.80. The Bertz CT molecular complexity index is 844. The second-order valence-electron chi connectivity index (χ2n) is 6.93. The first-order valence-electron chi connectivity index (χ1n) is 9.38. The number of carboxylic acids is 1. The van der Waals surface area contributed by atoms with Crippen molar-refractivity contribution in [2.75, 3.05) is 12.3 Å². The Morgan fingerprint density at radius 1 is 1.20 bits per heavy atom. The number of nitrogens with one attached hydrogen (secondary N) is 2. The van der Waals surface area contributed by atoms with E-state index < -0.39 is 41.9 Å². The SMILES string of the molecule is N[C@@H](CCC(=O)N[C@@H](CS)C(=O)NCC(=O)[C@@H]1c2ccccc2C=C[C@H]1O)C(=O)O. The number of aliphatic carboxylic acids is 1. The lowest BCUT2D eigenvalue weighted by Crippen LogP contribution is -2.50. The number of hydrogen-bond donors (Lipinski definition) is 6. The zero-order valence-electron chi connectivity index (χ0n) is 16.2. The van der Waals surface area contributed by atoms with Gasteiger partial charge in [-0.2, -0.15) is 12.6 Å². The maximum Gasteiger partial charge on any atom is 0.320 e. The molecule has 162 valence electrons. The standard InChI is InChI=1S/C20H25N3O6S/c21-13(20(28)29)6-8-17(26)23-14(10-30)19(27)22-9-16(25)18-12-4-2-1-3-11(12)5-7-15(18)24/h1-5,7,13-15,18,24,30H,6,8-10,21H2,(H,22,27)(H,23,26)(H,28,29)/t13-,14-,15+,18+/m0/s1. The van der Waals surface area contributed by atoms with Crippen LogP contribution >= 0.6 is 12.6 Å². The minimum absolute atomic E-state index is 0.0195. The van der Waals surface area contributed by atoms with E-state index in [2.05, 4.69) is 23.3 Å². The van der Waals surface area contributed by atoms with Crippen molar-refractivity contribution in [3.8, 4) is 0 Å². The maximum atomic E-state index is 12.7. The zero-order valence-corrected chi connectivity index (χ0v) is 17.0. The Morgan fingerprint density at radius 2 is 1.90 bits per heavy atom. The van der Waals surface area contributed by atoms with Gasteiger partial charge in [0.25, 0.3) is 0 Å². The van der Waals surface area contributed by atoms with Crippen LogP contribution in [-0.4, -0.2) is 64.3 Å². The Balaban J connectivity index is 1.90. The van der Waals surface area contributed by atoms with Crippen molar-refractivity contribution in [3.63, 3.8) is 0 Å². The maximum absolute atomic E-state index is 12.7. The molecule has 9 nitrogen and oxygen atoms in total. The van der Waals surface area contributed by atoms with Gasteiger partial charge in [0.1, 0.15) is 12.1 Å². The molecule has 0 aliphatic heterocycles. The molecule has 0 unspecified atom stereocenters. The fourth-order valence-corrected chi connectivity index (χ4v) is 3.34. The first-order chi connectivity index (χ1) is 14.2. The molecule has 2 amide bonds. The molecular weight excluding hydrogens is 410 g/mol. The van der Waals surface area contributed by atoms with Crippen molar-refractivity contribution in [2.45, 2.75) is 36.9 Å². The summed E-state index contributed by atoms with van der Waals surface area (Å²) in [5.41, 5.74) is 6.86. The second-order valence-corrected chi connectivity index (χ2v) is 7.29. The van der Waals surface area contributed by atoms with Crippen LogP contribution in [0.25, 0.3) is 6.08 Å². The lowest BCUT2D eigenvalue weighted by Gasteiger charge is -2.25. The lowest BCUT2D eigenvalue weighted by atomic mass is 9.82. The van der Waals surface area contributed by atoms with E-state index in [0.29, 0.717) is 5.56 Å². The van der Waals surface area contributed by atoms with Crippen LogP contribution in [0.15, 0.2) is 30.3 Å². The number of fused-ring (bicyclic) bond motifs is 1. The molecule has 0 fully saturated rings. The van der Waals surface area contributed by atoms with Gasteiger partial charge in [0.05, 0.1) is 18.6 Å². The lowest BCUT2D eigenvalue weighted by molar-refractivity contribution is -0.138. The Hall–Kier alpha value is -2.69. The number of carbonyl (C=O) groups is 4. The highest BCUT2D eigenvalue weighted by Crippen LogP contribution is 2.30. The summed E-state index contributed by atoms with van der Waals surface area (Å²) < 4.78 is 0. The normalized spacial score (nSPS) is 19.3. The summed E-state index contributed by atoms with van der Waals surface area (Å²) in [6.45, 7) is -0.327. The predicted molar refractivity (Wildman–Crippen MR) is 113 cm³/mol. The van der Waals surface area contributed by atoms with E-state index in [0.717, 1.165) is 5.56 Å². The van der Waals surface area contributed by atoms with E-state index in [1.807, 2.05) is 12.1 Å². The van der Waals surface area contributed by atoms with Gasteiger partial charge in [-0.25, -0.2) is 0 Å². The van der Waals surface area contributed by atoms with Crippen molar-refractivity contribution >= 4 is 42.3 Å². The number of aliphatic hydroxyl groups is 1. The largest absolute Gasteiger partial charge is 0.480 e. The number of aliphatic hydroxyl groups excluding tert-OH is 1. The van der Waals surface area contributed by atoms with E-state index in [1.165, 1.54) is 6.08 Å². The summed E-state index contributed by atoms with van der Waals surface area (Å²) >= 11 is 4.04. The van der Waals surface area contributed by atoms with Crippen LogP contribution in [0.3, 0.4) is 0 Å². The molecule has 0 heterocycles. The number of Topliss-reactive ketones (excluding diaryl/α,β-unsaturated/α-hetero) is 1. The number of amides is 2. The quantitative estimate of drug-likeness (QED) is 0.269. The van der Waals surface area contributed by atoms with Gasteiger partial charge in [0.2, 0.25) is 11.8 Å². The minimum Gasteiger partial charge on any atom is -0.480 e. The molecule has 1 aromatic rings. The van der Waals surface area contributed by atoms with Gasteiger partial charge in [0.15, 0.2) is 5.78 Å². The first kappa shape index (κ1) is 23.6. The van der Waals surface area contributed by atoms with Crippen molar-refractivity contribution in [1.29, 1.82) is 0 Å². The van der Waals surface area contributed by atoms with E-state index >= 15 is 0 Å². The van der Waals surface area contributed by atoms with Gasteiger partial charge >= 0.3 is 5.97 Å². The molecule has 6 N–H and O–H groups in total. The highest BCUT2D eigenvalue weighted by Gasteiger charge is 2.31. The van der Waals surface area contributed by atoms with Crippen LogP contribution in [-0.2, 0) is 19.2 Å². The van der Waals surface area contributed by atoms with Crippen LogP contribution in [0, 0.1) is 0 Å². The van der Waals surface area contributed by atoms with Crippen LogP contribution in [0.5, 0.6) is 0 Å². The Labute approximate surface area is 179 Å². The smallest absolute Gasteiger partial charge is 0.320 e. The van der Waals surface area contributed by atoms with E-state index in [1.54, 1.807) is 18.2 Å². The molecule has 0 saturated heterocycles. The van der Waals surface area contributed by atoms with Crippen molar-refractivity contribution in [1.82, 2.24) is 10.6 Å². The molecule has 1 aromatic carbocycles. The van der Waals surface area contributed by atoms with Crippen molar-refractivity contribution in [2.24, 2.45) is 5.73 Å². The number of nitrogens with two attached hydrogens (primary N) is 1. The van der Waals surface area contributed by atoms with E-state index in [4.69, 9.17) is 10.8 Å². The van der Waals surface area contributed by atoms with Crippen LogP contribution in [0.1, 0.15) is 29.9 Å². The summed E-state index contributed by atoms with van der Waals surface area (Å²) in [6.07, 6.45) is 2.04. The van der Waals surface area contributed by atoms with Gasteiger partial charge in [-0.05, 0) is 17.5 Å². The van der Waals surface area contributed by atoms with Crippen molar-refractivity contribution in [3.05, 3.63) is 41.5 Å². The molecule has 10 heteroatoms. The number of carboxylic acid groups (broad SMARTS) is 1. The summed E-state index contributed by atoms with van der Waals surface area (Å²) in [5.74, 6) is -3.56. The third kappa shape index (κ3) is 6.15. The number of carbonyl (C=O) groups excluding carboxylic acids is 3. The number of thiol groups is 1. The van der Waals surface area contributed by atoms with Crippen LogP contribution < -0.4 is 16.4 Å². The second kappa shape index (κ2) is 10.9. The third-order valence-electron chi connectivity index (χ3n) is 4.76. The molecule has 0 radical (unpaired) electrons. The van der Waals surface area contributed by atoms with Gasteiger partial charge in [-0.1, -0.05) is 36.4 Å². The topological polar surface area (TPSA) is 159 Å². The average Bonchev–Trinajstić information content (AvgIpc) is 2.73. The molecule has 0 aromatic heterocycles. The Morgan fingerprint density at radius 3 is 2.57 bits per heavy atom. The fourth-order valence-electron chi connectivity index (χ4n) is 3.09. The monoisotopic (exact) mass is 435 g/mol. The van der Waals surface area contributed by atoms with Gasteiger partial charge < -0.3 is 26.6 Å². The van der Waals surface area contributed by atoms with Gasteiger partial charge in [-0.3, -0.25) is 19.2 Å². The number of benzene rings is 1. The molecule has 0 spiro atoms. The third-order valence-corrected chi connectivity index (χ3v) is 5.13. The zero-order chi connectivity index (χ0) is 22.3. The molecular formula is C20H25N3O6S. The Kier molecular flexibility index (Phi) is 8.58. The summed E-state index contributed by atoms with van der Waals surface area (Å²) in [5, 5.41) is 23.9. The fraction of sp³-hybridized carbons (Fsp3) is 0.400. The molecule has 30 heavy (non-hydrogen) atoms. The highest BCUT2D eigenvalue weighted by atomic mass is 32.1. The minimum atomic E-state index is -1.22. The summed E-state index contributed by atoms with van der Waals surface area (Å²) in [7, 11) is 0. The van der Waals surface area contributed by atoms with Crippen LogP contribution in [0.4, 0.5) is 0 Å². The van der Waals surface area contributed by atoms with Gasteiger partial charge in [-0.15, -0.1) is 0 Å². The van der Waals surface area contributed by atoms with E-state index in [-0.39, 0.29) is 30.9 Å². The van der Waals surface area contributed by atoms with Crippen molar-refractivity contribution < 1.29 is 29.4 Å². The molecule has 2 rings (SSSR count). The molecule has 1 aliphatic carbocycles. The van der Waals surface area contributed by atoms with Crippen LogP contribution in [0.2, 0.25) is 0 Å². The molecule has 1 aliphatic rings. The predicted octanol–water partition coefficient (Wildman–Crippen LogP) is -0.550. The summed E-state index contributed by atoms with van der Waals surface area (Å²) in [6, 6.07) is 5.01. The molecule has 0 bridgehead atoms.